The Morgan fingerprint density at radius 3 is 2.68 bits per heavy atom. The minimum atomic E-state index is -1.41. The summed E-state index contributed by atoms with van der Waals surface area (Å²) in [7, 11) is 0. The number of fused-ring (bicyclic) bond motifs is 1. The number of rotatable bonds is 2. The summed E-state index contributed by atoms with van der Waals surface area (Å²) in [4.78, 5) is 23.5. The largest absolute Gasteiger partial charge is 0.479 e. The fourth-order valence-electron chi connectivity index (χ4n) is 2.54. The Morgan fingerprint density at radius 2 is 2.00 bits per heavy atom. The third kappa shape index (κ3) is 2.04. The second-order valence-corrected chi connectivity index (χ2v) is 4.97. The number of carbonyl (C=O) groups excluding carboxylic acids is 1. The fourth-order valence-corrected chi connectivity index (χ4v) is 2.54. The molecule has 1 aromatic carbocycles. The summed E-state index contributed by atoms with van der Waals surface area (Å²) in [5.74, 6) is -3.37. The predicted molar refractivity (Wildman–Crippen MR) is 71.7 cm³/mol. The van der Waals surface area contributed by atoms with E-state index in [9.17, 15) is 23.5 Å². The third-order valence-corrected chi connectivity index (χ3v) is 3.55. The van der Waals surface area contributed by atoms with Gasteiger partial charge in [0, 0.05) is 5.56 Å². The van der Waals surface area contributed by atoms with Crippen molar-refractivity contribution in [2.75, 3.05) is 0 Å². The Morgan fingerprint density at radius 1 is 1.27 bits per heavy atom. The van der Waals surface area contributed by atoms with Gasteiger partial charge in [-0.1, -0.05) is 6.08 Å². The molecular weight excluding hydrogens is 294 g/mol. The first-order chi connectivity index (χ1) is 10.4. The number of benzene rings is 1. The van der Waals surface area contributed by atoms with Crippen molar-refractivity contribution >= 4 is 11.8 Å². The van der Waals surface area contributed by atoms with Crippen LogP contribution in [0.4, 0.5) is 8.78 Å². The summed E-state index contributed by atoms with van der Waals surface area (Å²) in [6, 6.07) is 2.68. The van der Waals surface area contributed by atoms with Crippen LogP contribution < -0.4 is 0 Å². The number of ketones is 1. The van der Waals surface area contributed by atoms with Gasteiger partial charge in [0.1, 0.15) is 17.4 Å². The molecule has 112 valence electrons. The van der Waals surface area contributed by atoms with Gasteiger partial charge in [-0.3, -0.25) is 4.79 Å². The van der Waals surface area contributed by atoms with Crippen LogP contribution in [0.3, 0.4) is 0 Å². The molecule has 1 aliphatic carbocycles. The lowest BCUT2D eigenvalue weighted by atomic mass is 9.92. The first kappa shape index (κ1) is 14.2. The van der Waals surface area contributed by atoms with Gasteiger partial charge in [0.25, 0.3) is 0 Å². The number of hydrogen-bond donors (Lipinski definition) is 1. The van der Waals surface area contributed by atoms with Gasteiger partial charge in [-0.05, 0) is 36.8 Å². The summed E-state index contributed by atoms with van der Waals surface area (Å²) in [5, 5.41) is 9.40. The van der Waals surface area contributed by atoms with Gasteiger partial charge in [-0.2, -0.15) is 0 Å². The van der Waals surface area contributed by atoms with Crippen molar-refractivity contribution < 1.29 is 28.2 Å². The number of carboxylic acids is 1. The molecule has 1 aromatic rings. The highest BCUT2D eigenvalue weighted by molar-refractivity contribution is 6.14. The van der Waals surface area contributed by atoms with Crippen LogP contribution in [-0.4, -0.2) is 16.9 Å². The molecule has 4 nitrogen and oxygen atoms in total. The second-order valence-electron chi connectivity index (χ2n) is 4.97. The highest BCUT2D eigenvalue weighted by atomic mass is 19.1. The minimum absolute atomic E-state index is 0.0959. The Bertz CT molecular complexity index is 802. The number of halogens is 2. The van der Waals surface area contributed by atoms with E-state index < -0.39 is 29.5 Å². The summed E-state index contributed by atoms with van der Waals surface area (Å²) >= 11 is 0. The molecule has 1 unspecified atom stereocenters. The number of allylic oxidation sites excluding steroid dienone is 4. The zero-order chi connectivity index (χ0) is 16.0. The maximum Gasteiger partial charge on any atom is 0.336 e. The van der Waals surface area contributed by atoms with Gasteiger partial charge < -0.3 is 9.84 Å². The van der Waals surface area contributed by atoms with Crippen LogP contribution in [0.25, 0.3) is 0 Å². The fraction of sp³-hybridized carbons (Fsp3) is 0.125. The summed E-state index contributed by atoms with van der Waals surface area (Å²) in [6.07, 6.45) is 1.35. The zero-order valence-electron chi connectivity index (χ0n) is 11.4. The van der Waals surface area contributed by atoms with Crippen LogP contribution in [-0.2, 0) is 14.3 Å². The molecule has 3 rings (SSSR count). The average Bonchev–Trinajstić information content (AvgIpc) is 2.87. The van der Waals surface area contributed by atoms with E-state index in [1.54, 1.807) is 6.92 Å². The van der Waals surface area contributed by atoms with E-state index in [-0.39, 0.29) is 22.5 Å². The lowest BCUT2D eigenvalue weighted by molar-refractivity contribution is -0.133. The molecule has 1 heterocycles. The summed E-state index contributed by atoms with van der Waals surface area (Å²) in [5.41, 5.74) is -0.200. The lowest BCUT2D eigenvalue weighted by Crippen LogP contribution is -2.13. The van der Waals surface area contributed by atoms with Crippen molar-refractivity contribution in [1.29, 1.82) is 0 Å². The molecule has 22 heavy (non-hydrogen) atoms. The molecule has 0 saturated heterocycles. The van der Waals surface area contributed by atoms with Crippen molar-refractivity contribution in [2.24, 2.45) is 0 Å². The van der Waals surface area contributed by atoms with Gasteiger partial charge in [0.15, 0.2) is 11.9 Å². The Labute approximate surface area is 124 Å². The van der Waals surface area contributed by atoms with Gasteiger partial charge in [0.05, 0.1) is 11.1 Å². The molecule has 0 spiro atoms. The van der Waals surface area contributed by atoms with Gasteiger partial charge >= 0.3 is 5.97 Å². The molecule has 0 bridgehead atoms. The van der Waals surface area contributed by atoms with Crippen molar-refractivity contribution in [3.8, 4) is 0 Å². The zero-order valence-corrected chi connectivity index (χ0v) is 11.4. The van der Waals surface area contributed by atoms with Crippen LogP contribution in [0.1, 0.15) is 18.6 Å². The SMILES string of the molecule is CC1=C2OC(c3cc(F)ccc3F)C(C(=O)O)=C2C(=O)C=C1. The van der Waals surface area contributed by atoms with Crippen LogP contribution in [0, 0.1) is 11.6 Å². The number of ether oxygens (including phenoxy) is 1. The highest BCUT2D eigenvalue weighted by Gasteiger charge is 2.42. The smallest absolute Gasteiger partial charge is 0.336 e. The topological polar surface area (TPSA) is 63.6 Å². The summed E-state index contributed by atoms with van der Waals surface area (Å²) < 4.78 is 32.8. The molecule has 0 aromatic heterocycles. The average molecular weight is 304 g/mol. The number of aliphatic carboxylic acids is 1. The van der Waals surface area contributed by atoms with E-state index in [0.717, 1.165) is 18.2 Å². The number of carboxylic acid groups (broad SMARTS) is 1. The molecule has 0 radical (unpaired) electrons. The molecule has 0 amide bonds. The maximum atomic E-state index is 14.0. The van der Waals surface area contributed by atoms with E-state index in [2.05, 4.69) is 0 Å². The van der Waals surface area contributed by atoms with Crippen molar-refractivity contribution in [2.45, 2.75) is 13.0 Å². The molecule has 6 heteroatoms. The Hall–Kier alpha value is -2.76. The first-order valence-electron chi connectivity index (χ1n) is 6.43. The van der Waals surface area contributed by atoms with Crippen LogP contribution in [0.2, 0.25) is 0 Å². The van der Waals surface area contributed by atoms with Gasteiger partial charge in [-0.25, -0.2) is 13.6 Å². The quantitative estimate of drug-likeness (QED) is 0.912. The molecule has 2 aliphatic rings. The molecular formula is C16H10F2O4. The standard InChI is InChI=1S/C16H10F2O4/c1-7-2-5-11(19)12-13(16(20)21)15(22-14(7)12)9-6-8(17)3-4-10(9)18/h2-6,15H,1H3,(H,20,21). The van der Waals surface area contributed by atoms with E-state index in [0.29, 0.717) is 5.57 Å². The molecule has 0 saturated carbocycles. The first-order valence-corrected chi connectivity index (χ1v) is 6.43. The monoisotopic (exact) mass is 304 g/mol. The Kier molecular flexibility index (Phi) is 3.16. The van der Waals surface area contributed by atoms with Crippen molar-refractivity contribution in [3.05, 3.63) is 70.0 Å². The van der Waals surface area contributed by atoms with E-state index >= 15 is 0 Å². The van der Waals surface area contributed by atoms with E-state index in [1.807, 2.05) is 0 Å². The third-order valence-electron chi connectivity index (χ3n) is 3.55. The van der Waals surface area contributed by atoms with Crippen LogP contribution in [0.15, 0.2) is 52.8 Å². The highest BCUT2D eigenvalue weighted by Crippen LogP contribution is 2.44. The molecule has 1 aliphatic heterocycles. The maximum absolute atomic E-state index is 14.0. The van der Waals surface area contributed by atoms with Crippen molar-refractivity contribution in [3.63, 3.8) is 0 Å². The normalized spacial score (nSPS) is 20.3. The molecule has 0 fully saturated rings. The second kappa shape index (κ2) is 4.91. The van der Waals surface area contributed by atoms with Gasteiger partial charge in [0.2, 0.25) is 0 Å². The minimum Gasteiger partial charge on any atom is -0.479 e. The van der Waals surface area contributed by atoms with Crippen molar-refractivity contribution in [1.82, 2.24) is 0 Å². The van der Waals surface area contributed by atoms with Crippen LogP contribution >= 0.6 is 0 Å². The Balaban J connectivity index is 2.23. The summed E-state index contributed by atoms with van der Waals surface area (Å²) in [6.45, 7) is 1.64. The van der Waals surface area contributed by atoms with E-state index in [1.165, 1.54) is 12.2 Å². The number of hydrogen-bond acceptors (Lipinski definition) is 3. The molecule has 1 N–H and O–H groups in total. The number of carbonyl (C=O) groups is 2. The predicted octanol–water partition coefficient (Wildman–Crippen LogP) is 2.83. The lowest BCUT2D eigenvalue weighted by Gasteiger charge is -2.15. The molecule has 1 atom stereocenters. The van der Waals surface area contributed by atoms with Crippen LogP contribution in [0.5, 0.6) is 0 Å². The van der Waals surface area contributed by atoms with E-state index in [4.69, 9.17) is 4.74 Å². The van der Waals surface area contributed by atoms with Gasteiger partial charge in [-0.15, -0.1) is 0 Å².